The highest BCUT2D eigenvalue weighted by Gasteiger charge is 2.50. The molecule has 0 unspecified atom stereocenters. The molecule has 6 nitrogen and oxygen atoms in total. The van der Waals surface area contributed by atoms with Crippen molar-refractivity contribution in [2.45, 2.75) is 18.9 Å². The van der Waals surface area contributed by atoms with Crippen LogP contribution < -0.4 is 15.0 Å². The first kappa shape index (κ1) is 14.7. The van der Waals surface area contributed by atoms with E-state index in [-0.39, 0.29) is 11.5 Å². The third-order valence-electron chi connectivity index (χ3n) is 4.49. The Morgan fingerprint density at radius 2 is 2.30 bits per heavy atom. The van der Waals surface area contributed by atoms with Gasteiger partial charge in [-0.2, -0.15) is 0 Å². The lowest BCUT2D eigenvalue weighted by Gasteiger charge is -2.55. The van der Waals surface area contributed by atoms with Crippen LogP contribution >= 0.6 is 11.3 Å². The summed E-state index contributed by atoms with van der Waals surface area (Å²) in [6.45, 7) is 5.13. The number of anilines is 1. The highest BCUT2D eigenvalue weighted by atomic mass is 32.1. The summed E-state index contributed by atoms with van der Waals surface area (Å²) in [6.07, 6.45) is 1.13. The number of thiazole rings is 1. The molecule has 3 heterocycles. The number of amides is 1. The largest absolute Gasteiger partial charge is 0.496 e. The third-order valence-corrected chi connectivity index (χ3v) is 5.64. The summed E-state index contributed by atoms with van der Waals surface area (Å²) >= 11 is 1.55. The molecule has 4 rings (SSSR count). The molecule has 1 N–H and O–H groups in total. The van der Waals surface area contributed by atoms with E-state index in [1.807, 2.05) is 19.1 Å². The van der Waals surface area contributed by atoms with Gasteiger partial charge in [-0.1, -0.05) is 11.3 Å². The van der Waals surface area contributed by atoms with Gasteiger partial charge in [0.1, 0.15) is 16.9 Å². The average molecular weight is 333 g/mol. The summed E-state index contributed by atoms with van der Waals surface area (Å²) in [6, 6.07) is 3.72. The predicted molar refractivity (Wildman–Crippen MR) is 89.7 cm³/mol. The van der Waals surface area contributed by atoms with Crippen LogP contribution in [0.2, 0.25) is 0 Å². The van der Waals surface area contributed by atoms with Gasteiger partial charge in [0, 0.05) is 13.0 Å². The van der Waals surface area contributed by atoms with Crippen molar-refractivity contribution in [1.29, 1.82) is 0 Å². The molecule has 122 valence electrons. The molecule has 7 heteroatoms. The Bertz CT molecular complexity index is 761. The second kappa shape index (κ2) is 5.35. The number of rotatable bonds is 4. The van der Waals surface area contributed by atoms with Crippen LogP contribution in [0.3, 0.4) is 0 Å². The molecule has 2 aromatic rings. The fourth-order valence-corrected chi connectivity index (χ4v) is 4.25. The smallest absolute Gasteiger partial charge is 0.256 e. The number of carbonyl (C=O) groups excluding carboxylic acids is 1. The van der Waals surface area contributed by atoms with Crippen LogP contribution in [0, 0.1) is 0 Å². The van der Waals surface area contributed by atoms with Crippen molar-refractivity contribution in [2.24, 2.45) is 0 Å². The van der Waals surface area contributed by atoms with Crippen molar-refractivity contribution in [1.82, 2.24) is 10.3 Å². The zero-order chi connectivity index (χ0) is 16.0. The molecule has 1 aromatic heterocycles. The minimum atomic E-state index is -0.118. The summed E-state index contributed by atoms with van der Waals surface area (Å²) in [7, 11) is 1.58. The normalized spacial score (nSPS) is 18.6. The van der Waals surface area contributed by atoms with E-state index < -0.39 is 0 Å². The highest BCUT2D eigenvalue weighted by molar-refractivity contribution is 7.22. The number of fused-ring (bicyclic) bond motifs is 1. The van der Waals surface area contributed by atoms with Gasteiger partial charge in [-0.15, -0.1) is 0 Å². The molecule has 1 aromatic carbocycles. The van der Waals surface area contributed by atoms with E-state index >= 15 is 0 Å². The molecule has 1 spiro atoms. The van der Waals surface area contributed by atoms with Gasteiger partial charge in [0.2, 0.25) is 0 Å². The van der Waals surface area contributed by atoms with Crippen LogP contribution in [-0.4, -0.2) is 49.8 Å². The van der Waals surface area contributed by atoms with E-state index in [4.69, 9.17) is 14.5 Å². The van der Waals surface area contributed by atoms with Gasteiger partial charge in [0.15, 0.2) is 5.13 Å². The molecule has 0 radical (unpaired) electrons. The molecular formula is C16H19N3O3S. The fourth-order valence-electron chi connectivity index (χ4n) is 3.16. The molecule has 1 amide bonds. The molecule has 23 heavy (non-hydrogen) atoms. The molecular weight excluding hydrogens is 314 g/mol. The first-order valence-corrected chi connectivity index (χ1v) is 8.62. The van der Waals surface area contributed by atoms with E-state index in [2.05, 4.69) is 10.2 Å². The third kappa shape index (κ3) is 2.26. The number of ether oxygens (including phenoxy) is 2. The molecule has 0 saturated carbocycles. The average Bonchev–Trinajstić information content (AvgIpc) is 2.86. The van der Waals surface area contributed by atoms with Gasteiger partial charge in [0.05, 0.1) is 37.0 Å². The molecule has 2 aliphatic rings. The van der Waals surface area contributed by atoms with E-state index in [1.54, 1.807) is 18.4 Å². The maximum absolute atomic E-state index is 12.4. The topological polar surface area (TPSA) is 63.7 Å². The van der Waals surface area contributed by atoms with E-state index in [1.165, 1.54) is 0 Å². The Hall–Kier alpha value is -1.86. The summed E-state index contributed by atoms with van der Waals surface area (Å²) in [5, 5.41) is 3.80. The lowest BCUT2D eigenvalue weighted by atomic mass is 9.87. The summed E-state index contributed by atoms with van der Waals surface area (Å²) < 4.78 is 11.9. The maximum atomic E-state index is 12.4. The zero-order valence-electron chi connectivity index (χ0n) is 13.2. The lowest BCUT2D eigenvalue weighted by Crippen LogP contribution is -2.68. The molecule has 2 fully saturated rings. The van der Waals surface area contributed by atoms with Gasteiger partial charge in [0.25, 0.3) is 5.91 Å². The fraction of sp³-hybridized carbons (Fsp3) is 0.500. The Kier molecular flexibility index (Phi) is 3.42. The lowest BCUT2D eigenvalue weighted by molar-refractivity contribution is -0.160. The van der Waals surface area contributed by atoms with Gasteiger partial charge in [-0.05, 0) is 19.1 Å². The second-order valence-electron chi connectivity index (χ2n) is 5.98. The van der Waals surface area contributed by atoms with Crippen LogP contribution in [0.25, 0.3) is 10.2 Å². The summed E-state index contributed by atoms with van der Waals surface area (Å²) in [5.41, 5.74) is 1.48. The molecule has 0 atom stereocenters. The number of carbonyl (C=O) groups is 1. The SMILES string of the molecule is CCNC(=O)c1c(OC)ccc2nc(N3CC4(CCO4)C3)sc12. The molecule has 0 bridgehead atoms. The maximum Gasteiger partial charge on any atom is 0.256 e. The van der Waals surface area contributed by atoms with E-state index in [9.17, 15) is 4.79 Å². The van der Waals surface area contributed by atoms with Crippen molar-refractivity contribution in [3.05, 3.63) is 17.7 Å². The minimum Gasteiger partial charge on any atom is -0.496 e. The first-order valence-electron chi connectivity index (χ1n) is 7.80. The monoisotopic (exact) mass is 333 g/mol. The minimum absolute atomic E-state index is 0.0674. The van der Waals surface area contributed by atoms with Crippen molar-refractivity contribution in [3.63, 3.8) is 0 Å². The van der Waals surface area contributed by atoms with Crippen LogP contribution in [0.15, 0.2) is 12.1 Å². The standard InChI is InChI=1S/C16H19N3O3S/c1-3-17-14(20)12-11(21-2)5-4-10-13(12)23-15(18-10)19-8-16(9-19)6-7-22-16/h4-5H,3,6-9H2,1-2H3,(H,17,20). The first-order chi connectivity index (χ1) is 11.2. The van der Waals surface area contributed by atoms with Gasteiger partial charge < -0.3 is 19.7 Å². The Morgan fingerprint density at radius 3 is 2.91 bits per heavy atom. The van der Waals surface area contributed by atoms with Crippen molar-refractivity contribution >= 4 is 32.6 Å². The Balaban J connectivity index is 1.70. The number of hydrogen-bond donors (Lipinski definition) is 1. The van der Waals surface area contributed by atoms with E-state index in [0.717, 1.165) is 41.5 Å². The number of benzene rings is 1. The quantitative estimate of drug-likeness (QED) is 0.927. The number of nitrogens with one attached hydrogen (secondary N) is 1. The van der Waals surface area contributed by atoms with Gasteiger partial charge in [-0.3, -0.25) is 4.79 Å². The van der Waals surface area contributed by atoms with Crippen molar-refractivity contribution in [3.8, 4) is 5.75 Å². The number of nitrogens with zero attached hydrogens (tertiary/aromatic N) is 2. The van der Waals surface area contributed by atoms with Crippen LogP contribution in [0.1, 0.15) is 23.7 Å². The zero-order valence-corrected chi connectivity index (χ0v) is 14.0. The molecule has 2 aliphatic heterocycles. The van der Waals surface area contributed by atoms with Gasteiger partial charge in [-0.25, -0.2) is 4.98 Å². The Morgan fingerprint density at radius 1 is 1.52 bits per heavy atom. The van der Waals surface area contributed by atoms with Crippen LogP contribution in [0.5, 0.6) is 5.75 Å². The van der Waals surface area contributed by atoms with Crippen molar-refractivity contribution < 1.29 is 14.3 Å². The molecule has 2 saturated heterocycles. The van der Waals surface area contributed by atoms with Crippen LogP contribution in [-0.2, 0) is 4.74 Å². The Labute approximate surface area is 138 Å². The summed E-state index contributed by atoms with van der Waals surface area (Å²) in [5.74, 6) is 0.466. The van der Waals surface area contributed by atoms with Gasteiger partial charge >= 0.3 is 0 Å². The van der Waals surface area contributed by atoms with E-state index in [0.29, 0.717) is 17.9 Å². The number of aromatic nitrogens is 1. The molecule has 0 aliphatic carbocycles. The second-order valence-corrected chi connectivity index (χ2v) is 6.96. The van der Waals surface area contributed by atoms with Crippen molar-refractivity contribution in [2.75, 3.05) is 38.3 Å². The summed E-state index contributed by atoms with van der Waals surface area (Å²) in [4.78, 5) is 19.3. The number of methoxy groups -OCH3 is 1. The van der Waals surface area contributed by atoms with Crippen LogP contribution in [0.4, 0.5) is 5.13 Å². The number of hydrogen-bond acceptors (Lipinski definition) is 6. The predicted octanol–water partition coefficient (Wildman–Crippen LogP) is 2.03. The highest BCUT2D eigenvalue weighted by Crippen LogP contribution is 2.42.